The Morgan fingerprint density at radius 1 is 1.33 bits per heavy atom. The van der Waals surface area contributed by atoms with Crippen LogP contribution in [-0.2, 0) is 21.9 Å². The van der Waals surface area contributed by atoms with Gasteiger partial charge in [0.05, 0.1) is 0 Å². The van der Waals surface area contributed by atoms with Gasteiger partial charge in [0.25, 0.3) is 0 Å². The molecule has 0 spiro atoms. The van der Waals surface area contributed by atoms with Crippen molar-refractivity contribution in [2.45, 2.75) is 46.0 Å². The molecule has 2 nitrogen and oxygen atoms in total. The fraction of sp³-hybridized carbons (Fsp3) is 0.778. The molecule has 0 aliphatic carbocycles. The van der Waals surface area contributed by atoms with Gasteiger partial charge in [0.15, 0.2) is 0 Å². The average molecular weight is 215 g/mol. The Labute approximate surface area is 86.2 Å². The van der Waals surface area contributed by atoms with Crippen LogP contribution in [0.5, 0.6) is 0 Å². The fourth-order valence-corrected chi connectivity index (χ4v) is 0.328. The molecule has 0 aromatic carbocycles. The Morgan fingerprint density at radius 3 is 1.83 bits per heavy atom. The molecule has 0 fully saturated rings. The van der Waals surface area contributed by atoms with E-state index in [1.165, 1.54) is 6.42 Å². The largest absolute Gasteiger partial charge is 0.481 e. The third-order valence-corrected chi connectivity index (χ3v) is 1.10. The Bertz CT molecular complexity index is 82.6. The van der Waals surface area contributed by atoms with E-state index in [0.29, 0.717) is 6.42 Å². The van der Waals surface area contributed by atoms with Crippen LogP contribution >= 0.6 is 0 Å². The van der Waals surface area contributed by atoms with E-state index in [9.17, 15) is 4.79 Å². The Kier molecular flexibility index (Phi) is 25.7. The van der Waals surface area contributed by atoms with Crippen molar-refractivity contribution in [3.8, 4) is 0 Å². The van der Waals surface area contributed by atoms with Crippen molar-refractivity contribution >= 4 is 5.97 Å². The summed E-state index contributed by atoms with van der Waals surface area (Å²) in [6, 6.07) is 0. The summed E-state index contributed by atoms with van der Waals surface area (Å²) in [5.41, 5.74) is 0. The van der Waals surface area contributed by atoms with E-state index >= 15 is 0 Å². The van der Waals surface area contributed by atoms with Crippen molar-refractivity contribution in [2.75, 3.05) is 0 Å². The first-order valence-corrected chi connectivity index (χ1v) is 4.20. The Morgan fingerprint density at radius 2 is 1.75 bits per heavy atom. The van der Waals surface area contributed by atoms with E-state index in [2.05, 4.69) is 13.8 Å². The number of carboxylic acids is 1. The van der Waals surface area contributed by atoms with Crippen LogP contribution < -0.4 is 0 Å². The van der Waals surface area contributed by atoms with E-state index in [-0.39, 0.29) is 17.1 Å². The molecule has 0 amide bonds. The summed E-state index contributed by atoms with van der Waals surface area (Å²) in [5, 5.41) is 8.04. The minimum absolute atomic E-state index is 0. The van der Waals surface area contributed by atoms with E-state index in [1.807, 2.05) is 6.92 Å². The standard InChI is InChI=1S/C5H10O2.C4H9.Fe/c1-2-3-4-5(6)7;1-3-4-2;/h2-4H2,1H3,(H,6,7);1,3-4H2,2H3;/q;-1;. The van der Waals surface area contributed by atoms with Crippen LogP contribution in [0.4, 0.5) is 0 Å². The topological polar surface area (TPSA) is 37.3 Å². The number of aliphatic carboxylic acids is 1. The molecule has 0 saturated carbocycles. The first-order chi connectivity index (χ1) is 5.18. The normalized spacial score (nSPS) is 7.58. The van der Waals surface area contributed by atoms with Gasteiger partial charge in [-0.2, -0.15) is 6.42 Å². The molecule has 1 N–H and O–H groups in total. The van der Waals surface area contributed by atoms with Crippen molar-refractivity contribution in [1.82, 2.24) is 0 Å². The van der Waals surface area contributed by atoms with Gasteiger partial charge >= 0.3 is 5.97 Å². The second kappa shape index (κ2) is 17.2. The van der Waals surface area contributed by atoms with Gasteiger partial charge in [-0.15, -0.1) is 0 Å². The first kappa shape index (κ1) is 17.9. The zero-order chi connectivity index (χ0) is 9.11. The van der Waals surface area contributed by atoms with Crippen LogP contribution in [0.1, 0.15) is 46.0 Å². The number of unbranched alkanes of at least 4 members (excludes halogenated alkanes) is 2. The molecule has 0 radical (unpaired) electrons. The quantitative estimate of drug-likeness (QED) is 0.578. The van der Waals surface area contributed by atoms with Crippen LogP contribution in [0.25, 0.3) is 0 Å². The van der Waals surface area contributed by atoms with E-state index < -0.39 is 5.97 Å². The third kappa shape index (κ3) is 32.4. The van der Waals surface area contributed by atoms with Crippen LogP contribution in [-0.4, -0.2) is 11.1 Å². The summed E-state index contributed by atoms with van der Waals surface area (Å²) in [6.07, 6.45) is 4.36. The molecule has 0 bridgehead atoms. The number of hydrogen-bond donors (Lipinski definition) is 1. The molecule has 0 aliphatic heterocycles. The van der Waals surface area contributed by atoms with Crippen molar-refractivity contribution in [3.63, 3.8) is 0 Å². The second-order valence-corrected chi connectivity index (χ2v) is 2.35. The number of rotatable bonds is 4. The van der Waals surface area contributed by atoms with Gasteiger partial charge in [0, 0.05) is 23.5 Å². The number of carboxylic acid groups (broad SMARTS) is 1. The molecule has 0 heterocycles. The number of carbonyl (C=O) groups is 1. The van der Waals surface area contributed by atoms with Crippen LogP contribution in [0, 0.1) is 6.92 Å². The summed E-state index contributed by atoms with van der Waals surface area (Å²) >= 11 is 0. The first-order valence-electron chi connectivity index (χ1n) is 4.20. The minimum Gasteiger partial charge on any atom is -0.481 e. The van der Waals surface area contributed by atoms with Crippen LogP contribution in [0.15, 0.2) is 0 Å². The predicted octanol–water partition coefficient (Wildman–Crippen LogP) is 2.88. The molecule has 0 aromatic heterocycles. The maximum absolute atomic E-state index is 9.76. The fourth-order valence-electron chi connectivity index (χ4n) is 0.328. The van der Waals surface area contributed by atoms with Crippen molar-refractivity contribution in [3.05, 3.63) is 6.92 Å². The smallest absolute Gasteiger partial charge is 0.303 e. The second-order valence-electron chi connectivity index (χ2n) is 2.35. The van der Waals surface area contributed by atoms with E-state index in [4.69, 9.17) is 5.11 Å². The van der Waals surface area contributed by atoms with Gasteiger partial charge in [-0.1, -0.05) is 26.7 Å². The molecule has 3 heteroatoms. The van der Waals surface area contributed by atoms with Gasteiger partial charge < -0.3 is 12.0 Å². The molecule has 0 unspecified atom stereocenters. The summed E-state index contributed by atoms with van der Waals surface area (Å²) in [6.45, 7) is 7.70. The maximum Gasteiger partial charge on any atom is 0.303 e. The summed E-state index contributed by atoms with van der Waals surface area (Å²) in [5.74, 6) is -0.693. The molecule has 12 heavy (non-hydrogen) atoms. The summed E-state index contributed by atoms with van der Waals surface area (Å²) < 4.78 is 0. The third-order valence-electron chi connectivity index (χ3n) is 1.10. The molecule has 0 saturated heterocycles. The molecule has 76 valence electrons. The number of hydrogen-bond acceptors (Lipinski definition) is 1. The van der Waals surface area contributed by atoms with Gasteiger partial charge in [-0.05, 0) is 6.42 Å². The van der Waals surface area contributed by atoms with E-state index in [1.54, 1.807) is 0 Å². The van der Waals surface area contributed by atoms with Gasteiger partial charge in [-0.3, -0.25) is 4.79 Å². The van der Waals surface area contributed by atoms with Gasteiger partial charge in [-0.25, -0.2) is 0 Å². The maximum atomic E-state index is 9.76. The zero-order valence-electron chi connectivity index (χ0n) is 7.95. The van der Waals surface area contributed by atoms with Crippen molar-refractivity contribution in [2.24, 2.45) is 0 Å². The van der Waals surface area contributed by atoms with Crippen LogP contribution in [0.3, 0.4) is 0 Å². The SMILES string of the molecule is CCCCC(=O)O.[CH2-]CCC.[Fe]. The Balaban J connectivity index is -0.000000142. The predicted molar refractivity (Wildman–Crippen MR) is 47.4 cm³/mol. The molecule has 0 aliphatic rings. The van der Waals surface area contributed by atoms with Gasteiger partial charge in [0.2, 0.25) is 0 Å². The van der Waals surface area contributed by atoms with Crippen LogP contribution in [0.2, 0.25) is 0 Å². The summed E-state index contributed by atoms with van der Waals surface area (Å²) in [7, 11) is 0. The molecular formula is C9H19FeO2-. The van der Waals surface area contributed by atoms with Crippen molar-refractivity contribution < 1.29 is 27.0 Å². The molecule has 0 aromatic rings. The average Bonchev–Trinajstić information content (AvgIpc) is 2.01. The van der Waals surface area contributed by atoms with Gasteiger partial charge in [0.1, 0.15) is 0 Å². The molecule has 0 atom stereocenters. The van der Waals surface area contributed by atoms with Crippen molar-refractivity contribution in [1.29, 1.82) is 0 Å². The monoisotopic (exact) mass is 215 g/mol. The summed E-state index contributed by atoms with van der Waals surface area (Å²) in [4.78, 5) is 9.76. The Hall–Kier alpha value is -0.0105. The minimum atomic E-state index is -0.693. The molecule has 0 rings (SSSR count). The van der Waals surface area contributed by atoms with E-state index in [0.717, 1.165) is 19.3 Å². The zero-order valence-corrected chi connectivity index (χ0v) is 9.06. The molecular weight excluding hydrogens is 196 g/mol.